The van der Waals surface area contributed by atoms with E-state index in [0.717, 1.165) is 18.9 Å². The number of sulfonamides is 1. The van der Waals surface area contributed by atoms with E-state index in [-0.39, 0.29) is 22.9 Å². The molecule has 1 aliphatic rings. The molecule has 2 rings (SSSR count). The maximum absolute atomic E-state index is 12.3. The fourth-order valence-electron chi connectivity index (χ4n) is 1.98. The molecule has 1 unspecified atom stereocenters. The van der Waals surface area contributed by atoms with Crippen molar-refractivity contribution in [3.63, 3.8) is 0 Å². The number of hydrogen-bond donors (Lipinski definition) is 3. The number of aliphatic hydroxyl groups excluding tert-OH is 1. The summed E-state index contributed by atoms with van der Waals surface area (Å²) in [6.07, 6.45) is 1.10. The summed E-state index contributed by atoms with van der Waals surface area (Å²) in [5.41, 5.74) is 0.414. The van der Waals surface area contributed by atoms with Gasteiger partial charge in [0.1, 0.15) is 0 Å². The Bertz CT molecular complexity index is 669. The van der Waals surface area contributed by atoms with Gasteiger partial charge >= 0.3 is 5.97 Å². The molecule has 0 radical (unpaired) electrons. The van der Waals surface area contributed by atoms with Crippen LogP contribution in [0.5, 0.6) is 0 Å². The zero-order chi connectivity index (χ0) is 15.8. The van der Waals surface area contributed by atoms with Gasteiger partial charge in [-0.05, 0) is 59.3 Å². The second-order valence-corrected chi connectivity index (χ2v) is 7.70. The number of benzene rings is 1. The Morgan fingerprint density at radius 3 is 2.62 bits per heavy atom. The van der Waals surface area contributed by atoms with E-state index in [1.54, 1.807) is 6.92 Å². The molecule has 6 nitrogen and oxygen atoms in total. The van der Waals surface area contributed by atoms with Crippen LogP contribution in [0.4, 0.5) is 0 Å². The number of carboxylic acids is 1. The van der Waals surface area contributed by atoms with Gasteiger partial charge < -0.3 is 10.2 Å². The molecule has 1 aliphatic carbocycles. The summed E-state index contributed by atoms with van der Waals surface area (Å²) in [4.78, 5) is 10.9. The molecule has 116 valence electrons. The molecule has 0 aliphatic heterocycles. The minimum Gasteiger partial charge on any atom is -0.478 e. The minimum atomic E-state index is -3.89. The van der Waals surface area contributed by atoms with Crippen LogP contribution in [0, 0.1) is 12.8 Å². The summed E-state index contributed by atoms with van der Waals surface area (Å²) < 4.78 is 27.2. The van der Waals surface area contributed by atoms with Crippen molar-refractivity contribution >= 4 is 31.9 Å². The van der Waals surface area contributed by atoms with E-state index in [9.17, 15) is 18.3 Å². The lowest BCUT2D eigenvalue weighted by atomic mass is 10.1. The predicted octanol–water partition coefficient (Wildman–Crippen LogP) is 1.50. The van der Waals surface area contributed by atoms with Crippen molar-refractivity contribution in [2.45, 2.75) is 30.8 Å². The fraction of sp³-hybridized carbons (Fsp3) is 0.462. The molecule has 1 aromatic rings. The molecule has 1 atom stereocenters. The highest BCUT2D eigenvalue weighted by Crippen LogP contribution is 2.32. The molecule has 1 fully saturated rings. The summed E-state index contributed by atoms with van der Waals surface area (Å²) in [5, 5.41) is 18.8. The molecule has 0 bridgehead atoms. The van der Waals surface area contributed by atoms with Gasteiger partial charge in [-0.2, -0.15) is 0 Å². The van der Waals surface area contributed by atoms with Gasteiger partial charge in [0.25, 0.3) is 0 Å². The van der Waals surface area contributed by atoms with E-state index < -0.39 is 22.1 Å². The van der Waals surface area contributed by atoms with Crippen LogP contribution in [0.15, 0.2) is 21.5 Å². The molecule has 3 N–H and O–H groups in total. The number of aryl methyl sites for hydroxylation is 1. The normalized spacial score (nSPS) is 16.7. The smallest absolute Gasteiger partial charge is 0.335 e. The number of aliphatic hydroxyl groups is 1. The first kappa shape index (κ1) is 16.4. The standard InChI is InChI=1S/C13H16BrNO5S/c1-7-4-9(13(17)18)5-11(12(7)14)21(19,20)15-6-10(16)8-2-3-8/h4-5,8,10,15-16H,2-3,6H2,1H3,(H,17,18). The van der Waals surface area contributed by atoms with Crippen molar-refractivity contribution in [1.29, 1.82) is 0 Å². The van der Waals surface area contributed by atoms with Crippen LogP contribution in [0.1, 0.15) is 28.8 Å². The third-order valence-corrected chi connectivity index (χ3v) is 6.17. The van der Waals surface area contributed by atoms with Gasteiger partial charge in [0.05, 0.1) is 16.6 Å². The summed E-state index contributed by atoms with van der Waals surface area (Å²) in [7, 11) is -3.89. The molecule has 1 saturated carbocycles. The first-order valence-electron chi connectivity index (χ1n) is 6.43. The van der Waals surface area contributed by atoms with Crippen molar-refractivity contribution in [3.8, 4) is 0 Å². The zero-order valence-corrected chi connectivity index (χ0v) is 13.7. The molecule has 8 heteroatoms. The van der Waals surface area contributed by atoms with Gasteiger partial charge in [-0.1, -0.05) is 0 Å². The van der Waals surface area contributed by atoms with E-state index >= 15 is 0 Å². The molecule has 0 spiro atoms. The van der Waals surface area contributed by atoms with Gasteiger partial charge in [0, 0.05) is 11.0 Å². The maximum atomic E-state index is 12.3. The Labute approximate surface area is 131 Å². The lowest BCUT2D eigenvalue weighted by Crippen LogP contribution is -2.33. The molecule has 21 heavy (non-hydrogen) atoms. The first-order valence-corrected chi connectivity index (χ1v) is 8.71. The molecule has 0 amide bonds. The van der Waals surface area contributed by atoms with Gasteiger partial charge in [-0.3, -0.25) is 0 Å². The Morgan fingerprint density at radius 2 is 2.10 bits per heavy atom. The lowest BCUT2D eigenvalue weighted by molar-refractivity contribution is 0.0696. The Morgan fingerprint density at radius 1 is 1.48 bits per heavy atom. The van der Waals surface area contributed by atoms with Crippen molar-refractivity contribution in [1.82, 2.24) is 4.72 Å². The highest BCUT2D eigenvalue weighted by Gasteiger charge is 2.31. The van der Waals surface area contributed by atoms with E-state index in [2.05, 4.69) is 20.7 Å². The maximum Gasteiger partial charge on any atom is 0.335 e. The lowest BCUT2D eigenvalue weighted by Gasteiger charge is -2.14. The van der Waals surface area contributed by atoms with Crippen LogP contribution < -0.4 is 4.72 Å². The predicted molar refractivity (Wildman–Crippen MR) is 79.8 cm³/mol. The average molecular weight is 378 g/mol. The van der Waals surface area contributed by atoms with E-state index in [4.69, 9.17) is 5.11 Å². The monoisotopic (exact) mass is 377 g/mol. The van der Waals surface area contributed by atoms with Crippen molar-refractivity contribution < 1.29 is 23.4 Å². The molecule has 0 heterocycles. The highest BCUT2D eigenvalue weighted by atomic mass is 79.9. The zero-order valence-electron chi connectivity index (χ0n) is 11.3. The van der Waals surface area contributed by atoms with Gasteiger partial charge in [0.2, 0.25) is 10.0 Å². The summed E-state index contributed by atoms with van der Waals surface area (Å²) in [6, 6.07) is 2.50. The van der Waals surface area contributed by atoms with Crippen LogP contribution in [0.3, 0.4) is 0 Å². The molecular formula is C13H16BrNO5S. The van der Waals surface area contributed by atoms with Crippen LogP contribution in [-0.4, -0.2) is 37.2 Å². The number of halogens is 1. The number of carbonyl (C=O) groups is 1. The number of aromatic carboxylic acids is 1. The highest BCUT2D eigenvalue weighted by molar-refractivity contribution is 9.10. The summed E-state index contributed by atoms with van der Waals surface area (Å²) in [5.74, 6) is -1.04. The molecule has 1 aromatic carbocycles. The van der Waals surface area contributed by atoms with E-state index in [0.29, 0.717) is 10.0 Å². The largest absolute Gasteiger partial charge is 0.478 e. The summed E-state index contributed by atoms with van der Waals surface area (Å²) >= 11 is 3.17. The first-order chi connectivity index (χ1) is 9.72. The van der Waals surface area contributed by atoms with E-state index in [1.165, 1.54) is 6.07 Å². The van der Waals surface area contributed by atoms with Crippen molar-refractivity contribution in [3.05, 3.63) is 27.7 Å². The summed E-state index contributed by atoms with van der Waals surface area (Å²) in [6.45, 7) is 1.55. The van der Waals surface area contributed by atoms with Crippen LogP contribution in [-0.2, 0) is 10.0 Å². The second kappa shape index (κ2) is 6.04. The minimum absolute atomic E-state index is 0.0736. The van der Waals surface area contributed by atoms with E-state index in [1.807, 2.05) is 0 Å². The quantitative estimate of drug-likeness (QED) is 0.696. The fourth-order valence-corrected chi connectivity index (χ4v) is 4.07. The van der Waals surface area contributed by atoms with Crippen molar-refractivity contribution in [2.75, 3.05) is 6.54 Å². The Balaban J connectivity index is 2.27. The number of rotatable bonds is 6. The molecule has 0 saturated heterocycles. The number of nitrogens with one attached hydrogen (secondary N) is 1. The SMILES string of the molecule is Cc1cc(C(=O)O)cc(S(=O)(=O)NCC(O)C2CC2)c1Br. The van der Waals surface area contributed by atoms with Gasteiger partial charge in [-0.25, -0.2) is 17.9 Å². The second-order valence-electron chi connectivity index (χ2n) is 5.17. The topological polar surface area (TPSA) is 104 Å². The van der Waals surface area contributed by atoms with Crippen LogP contribution in [0.25, 0.3) is 0 Å². The Kier molecular flexibility index (Phi) is 4.72. The third-order valence-electron chi connectivity index (χ3n) is 3.41. The Hall–Kier alpha value is -0.960. The van der Waals surface area contributed by atoms with Crippen molar-refractivity contribution in [2.24, 2.45) is 5.92 Å². The number of carboxylic acid groups (broad SMARTS) is 1. The third kappa shape index (κ3) is 3.82. The average Bonchev–Trinajstić information content (AvgIpc) is 3.23. The van der Waals surface area contributed by atoms with Gasteiger partial charge in [0.15, 0.2) is 0 Å². The van der Waals surface area contributed by atoms with Crippen LogP contribution in [0.2, 0.25) is 0 Å². The molecular weight excluding hydrogens is 362 g/mol. The number of hydrogen-bond acceptors (Lipinski definition) is 4. The van der Waals surface area contributed by atoms with Crippen LogP contribution >= 0.6 is 15.9 Å². The van der Waals surface area contributed by atoms with Gasteiger partial charge in [-0.15, -0.1) is 0 Å². The molecule has 0 aromatic heterocycles.